The van der Waals surface area contributed by atoms with Crippen molar-refractivity contribution in [2.45, 2.75) is 94.8 Å². The minimum atomic E-state index is -1.12. The number of amides is 6. The summed E-state index contributed by atoms with van der Waals surface area (Å²) >= 11 is 0. The van der Waals surface area contributed by atoms with E-state index >= 15 is 4.39 Å². The zero-order chi connectivity index (χ0) is 50.0. The molecule has 6 fully saturated rings. The smallest absolute Gasteiger partial charge is 0.262 e. The third-order valence-electron chi connectivity index (χ3n) is 16.9. The van der Waals surface area contributed by atoms with Gasteiger partial charge in [-0.1, -0.05) is 30.3 Å². The molecule has 2 saturated carbocycles. The molecule has 3 N–H and O–H groups in total. The molecule has 2 aliphatic carbocycles. The number of halogens is 1. The zero-order valence-electron chi connectivity index (χ0n) is 40.7. The molecular weight excluding hydrogens is 932 g/mol. The Hall–Kier alpha value is -7.28. The molecule has 3 aromatic carbocycles. The summed E-state index contributed by atoms with van der Waals surface area (Å²) in [5.74, 6) is -2.52. The maximum Gasteiger partial charge on any atom is 0.262 e. The predicted molar refractivity (Wildman–Crippen MR) is 268 cm³/mol. The molecular formula is C54H59FN12O6. The molecule has 5 aromatic rings. The highest BCUT2D eigenvalue weighted by Crippen LogP contribution is 2.51. The number of imidazole rings is 1. The normalized spacial score (nSPS) is 23.6. The van der Waals surface area contributed by atoms with Crippen LogP contribution in [0.25, 0.3) is 11.2 Å². The van der Waals surface area contributed by atoms with Crippen LogP contribution < -0.4 is 25.8 Å². The largest absolute Gasteiger partial charge is 0.369 e. The Morgan fingerprint density at radius 2 is 1.48 bits per heavy atom. The maximum atomic E-state index is 15.6. The van der Waals surface area contributed by atoms with Crippen molar-refractivity contribution >= 4 is 69.5 Å². The van der Waals surface area contributed by atoms with E-state index in [0.717, 1.165) is 92.8 Å². The Morgan fingerprint density at radius 3 is 2.19 bits per heavy atom. The molecule has 73 heavy (non-hydrogen) atoms. The number of nitrogens with zero attached hydrogens (tertiary/aromatic N) is 9. The van der Waals surface area contributed by atoms with E-state index in [0.29, 0.717) is 49.7 Å². The van der Waals surface area contributed by atoms with E-state index < -0.39 is 35.5 Å². The number of benzene rings is 3. The van der Waals surface area contributed by atoms with Crippen LogP contribution >= 0.6 is 0 Å². The highest BCUT2D eigenvalue weighted by atomic mass is 19.1. The number of likely N-dealkylation sites (tertiary alicyclic amines) is 1. The van der Waals surface area contributed by atoms with E-state index in [1.807, 2.05) is 46.5 Å². The lowest BCUT2D eigenvalue weighted by atomic mass is 9.60. The van der Waals surface area contributed by atoms with Crippen molar-refractivity contribution in [1.82, 2.24) is 44.9 Å². The van der Waals surface area contributed by atoms with Crippen LogP contribution in [0, 0.1) is 17.2 Å². The van der Waals surface area contributed by atoms with Gasteiger partial charge in [-0.2, -0.15) is 0 Å². The summed E-state index contributed by atoms with van der Waals surface area (Å²) in [6.45, 7) is 6.33. The fourth-order valence-electron chi connectivity index (χ4n) is 12.6. The summed E-state index contributed by atoms with van der Waals surface area (Å²) in [4.78, 5) is 101. The van der Waals surface area contributed by atoms with Crippen LogP contribution in [0.4, 0.5) is 27.3 Å². The standard InChI is InChI=1S/C54H59FN12O6/c55-42-27-40-41(53(73)67(52(40)72)43-10-11-45(68)61-50(43)70)28-44(42)64-16-12-34(13-17-64)51(71)65-18-14-54(15-19-65)29-39(30-54)63-22-20-62(21-23-63)37-8-6-35(7-9-37)60-48-47-49(57-31-56-48)66(32-58-47)38-25-36(26-38)59-46(69)24-33-4-2-1-3-5-33/h1-9,27-28,31-32,34,36,38-39,43H,10-26,29-30H2,(H,59,69)(H,56,57,60)(H,61,68,70)/t36?,38?,43-/m0/s1. The van der Waals surface area contributed by atoms with Crippen LogP contribution in [0.3, 0.4) is 0 Å². The van der Waals surface area contributed by atoms with E-state index in [1.165, 1.54) is 24.6 Å². The zero-order valence-corrected chi connectivity index (χ0v) is 40.7. The Labute approximate surface area is 421 Å². The average molecular weight is 991 g/mol. The molecule has 1 atom stereocenters. The quantitative estimate of drug-likeness (QED) is 0.150. The van der Waals surface area contributed by atoms with Crippen LogP contribution in [0.15, 0.2) is 79.4 Å². The summed E-state index contributed by atoms with van der Waals surface area (Å²) < 4.78 is 17.7. The van der Waals surface area contributed by atoms with Crippen molar-refractivity contribution in [2.75, 3.05) is 67.5 Å². The Balaban J connectivity index is 0.571. The molecule has 7 aliphatic rings. The van der Waals surface area contributed by atoms with Crippen LogP contribution in [-0.2, 0) is 25.6 Å². The van der Waals surface area contributed by atoms with Crippen LogP contribution in [0.2, 0.25) is 0 Å². The first-order valence-electron chi connectivity index (χ1n) is 25.9. The minimum Gasteiger partial charge on any atom is -0.369 e. The summed E-state index contributed by atoms with van der Waals surface area (Å²) in [7, 11) is 0. The van der Waals surface area contributed by atoms with E-state index in [1.54, 1.807) is 6.33 Å². The molecule has 4 saturated heterocycles. The second-order valence-corrected chi connectivity index (χ2v) is 21.2. The second-order valence-electron chi connectivity index (χ2n) is 21.2. The first-order chi connectivity index (χ1) is 35.5. The Morgan fingerprint density at radius 1 is 0.767 bits per heavy atom. The van der Waals surface area contributed by atoms with Crippen LogP contribution in [0.5, 0.6) is 0 Å². The Bertz CT molecular complexity index is 2980. The van der Waals surface area contributed by atoms with Crippen molar-refractivity contribution in [3.63, 3.8) is 0 Å². The predicted octanol–water partition coefficient (Wildman–Crippen LogP) is 4.98. The van der Waals surface area contributed by atoms with Gasteiger partial charge in [0.2, 0.25) is 23.6 Å². The van der Waals surface area contributed by atoms with Gasteiger partial charge in [0.05, 0.1) is 29.6 Å². The molecule has 5 aliphatic heterocycles. The minimum absolute atomic E-state index is 0.00382. The number of piperidine rings is 3. The molecule has 0 unspecified atom stereocenters. The van der Waals surface area contributed by atoms with Gasteiger partial charge in [-0.15, -0.1) is 0 Å². The number of hydrogen-bond donors (Lipinski definition) is 3. The van der Waals surface area contributed by atoms with Crippen molar-refractivity contribution in [3.05, 3.63) is 102 Å². The fraction of sp³-hybridized carbons (Fsp3) is 0.463. The van der Waals surface area contributed by atoms with E-state index in [2.05, 4.69) is 64.6 Å². The average Bonchev–Trinajstić information content (AvgIpc) is 3.92. The van der Waals surface area contributed by atoms with Gasteiger partial charge in [0.1, 0.15) is 18.2 Å². The highest BCUT2D eigenvalue weighted by Gasteiger charge is 2.49. The van der Waals surface area contributed by atoms with Gasteiger partial charge in [0.15, 0.2) is 17.0 Å². The van der Waals surface area contributed by atoms with Gasteiger partial charge in [0, 0.05) is 94.2 Å². The number of fused-ring (bicyclic) bond motifs is 2. The molecule has 7 heterocycles. The molecule has 2 aromatic heterocycles. The molecule has 1 spiro atoms. The molecule has 378 valence electrons. The van der Waals surface area contributed by atoms with Gasteiger partial charge in [-0.25, -0.2) is 19.3 Å². The van der Waals surface area contributed by atoms with Crippen molar-refractivity contribution in [2.24, 2.45) is 11.3 Å². The number of carbonyl (C=O) groups is 6. The van der Waals surface area contributed by atoms with Crippen LogP contribution in [0.1, 0.15) is 96.5 Å². The van der Waals surface area contributed by atoms with E-state index in [9.17, 15) is 28.8 Å². The van der Waals surface area contributed by atoms with Gasteiger partial charge in [-0.05, 0) is 105 Å². The molecule has 18 nitrogen and oxygen atoms in total. The van der Waals surface area contributed by atoms with Gasteiger partial charge in [0.25, 0.3) is 11.8 Å². The summed E-state index contributed by atoms with van der Waals surface area (Å²) in [6.07, 6.45) is 10.9. The number of hydrogen-bond acceptors (Lipinski definition) is 13. The lowest BCUT2D eigenvalue weighted by Gasteiger charge is -2.56. The summed E-state index contributed by atoms with van der Waals surface area (Å²) in [6, 6.07) is 20.5. The summed E-state index contributed by atoms with van der Waals surface area (Å²) in [5.41, 5.74) is 5.05. The van der Waals surface area contributed by atoms with Gasteiger partial charge < -0.3 is 29.9 Å². The molecule has 12 rings (SSSR count). The van der Waals surface area contributed by atoms with E-state index in [-0.39, 0.29) is 64.9 Å². The van der Waals surface area contributed by atoms with Gasteiger partial charge >= 0.3 is 0 Å². The maximum absolute atomic E-state index is 15.6. The molecule has 0 radical (unpaired) electrons. The van der Waals surface area contributed by atoms with Crippen LogP contribution in [-0.4, -0.2) is 140 Å². The van der Waals surface area contributed by atoms with E-state index in [4.69, 9.17) is 4.98 Å². The lowest BCUT2D eigenvalue weighted by Crippen LogP contribution is -2.59. The highest BCUT2D eigenvalue weighted by molar-refractivity contribution is 6.23. The Kier molecular flexibility index (Phi) is 12.1. The molecule has 6 amide bonds. The summed E-state index contributed by atoms with van der Waals surface area (Å²) in [5, 5.41) is 8.81. The number of nitrogens with one attached hydrogen (secondary N) is 3. The molecule has 19 heteroatoms. The number of piperazine rings is 1. The van der Waals surface area contributed by atoms with Crippen molar-refractivity contribution < 1.29 is 33.2 Å². The SMILES string of the molecule is O=C1CC[C@H](N2C(=O)c3cc(F)c(N4CCC(C(=O)N5CCC6(CC5)CC(N5CCN(c7ccc(Nc8ncnc9c8ncn9C8CC(NC(=O)Cc9ccccc9)C8)cc7)CC5)C6)CC4)cc3C2=O)C(=O)N1. The number of imide groups is 2. The monoisotopic (exact) mass is 990 g/mol. The number of rotatable bonds is 11. The molecule has 0 bridgehead atoms. The number of carbonyl (C=O) groups excluding carboxylic acids is 6. The topological polar surface area (TPSA) is 198 Å². The second kappa shape index (κ2) is 19.0. The fourth-order valence-corrected chi connectivity index (χ4v) is 12.6. The number of anilines is 4. The first-order valence-corrected chi connectivity index (χ1v) is 25.9. The van der Waals surface area contributed by atoms with Crippen molar-refractivity contribution in [1.29, 1.82) is 0 Å². The van der Waals surface area contributed by atoms with Crippen molar-refractivity contribution in [3.8, 4) is 0 Å². The first kappa shape index (κ1) is 46.8. The third kappa shape index (κ3) is 8.94. The number of aromatic nitrogens is 4. The van der Waals surface area contributed by atoms with Gasteiger partial charge in [-0.3, -0.25) is 43.9 Å². The third-order valence-corrected chi connectivity index (χ3v) is 16.9. The lowest BCUT2D eigenvalue weighted by molar-refractivity contribution is -0.141.